The molecule has 0 unspecified atom stereocenters. The highest BCUT2D eigenvalue weighted by atomic mass is 14.1. The van der Waals surface area contributed by atoms with Crippen LogP contribution in [0.25, 0.3) is 0 Å². The molecular formula is C24H26. The maximum atomic E-state index is 2.34. The minimum absolute atomic E-state index is 1.12. The SMILES string of the molecule is Cc1c(CCc2ccccc2)ccc(CCc2ccccc2)c1C. The molecule has 0 N–H and O–H groups in total. The Balaban J connectivity index is 1.67. The summed E-state index contributed by atoms with van der Waals surface area (Å²) < 4.78 is 0. The normalized spacial score (nSPS) is 10.8. The number of hydrogen-bond donors (Lipinski definition) is 0. The van der Waals surface area contributed by atoms with Gasteiger partial charge < -0.3 is 0 Å². The topological polar surface area (TPSA) is 0 Å². The van der Waals surface area contributed by atoms with E-state index in [-0.39, 0.29) is 0 Å². The van der Waals surface area contributed by atoms with Gasteiger partial charge in [-0.05, 0) is 72.9 Å². The van der Waals surface area contributed by atoms with Gasteiger partial charge in [-0.1, -0.05) is 72.8 Å². The Kier molecular flexibility index (Phi) is 5.48. The molecule has 0 bridgehead atoms. The predicted molar refractivity (Wildman–Crippen MR) is 104 cm³/mol. The van der Waals surface area contributed by atoms with Crippen LogP contribution in [0, 0.1) is 13.8 Å². The fourth-order valence-corrected chi connectivity index (χ4v) is 3.32. The van der Waals surface area contributed by atoms with Crippen molar-refractivity contribution >= 4 is 0 Å². The van der Waals surface area contributed by atoms with E-state index in [1.165, 1.54) is 33.4 Å². The van der Waals surface area contributed by atoms with Gasteiger partial charge in [0.15, 0.2) is 0 Å². The molecule has 3 rings (SSSR count). The van der Waals surface area contributed by atoms with Crippen LogP contribution in [-0.4, -0.2) is 0 Å². The van der Waals surface area contributed by atoms with E-state index < -0.39 is 0 Å². The van der Waals surface area contributed by atoms with Crippen molar-refractivity contribution < 1.29 is 0 Å². The molecule has 0 fully saturated rings. The molecule has 0 aromatic heterocycles. The van der Waals surface area contributed by atoms with Gasteiger partial charge in [-0.25, -0.2) is 0 Å². The van der Waals surface area contributed by atoms with E-state index in [0.717, 1.165) is 25.7 Å². The molecule has 122 valence electrons. The first-order chi connectivity index (χ1) is 11.7. The van der Waals surface area contributed by atoms with Crippen molar-refractivity contribution in [3.8, 4) is 0 Å². The lowest BCUT2D eigenvalue weighted by molar-refractivity contribution is 0.917. The smallest absolute Gasteiger partial charge is 0.0236 e. The summed E-state index contributed by atoms with van der Waals surface area (Å²) >= 11 is 0. The van der Waals surface area contributed by atoms with Gasteiger partial charge in [-0.3, -0.25) is 0 Å². The Bertz CT molecular complexity index is 701. The zero-order valence-corrected chi connectivity index (χ0v) is 14.8. The van der Waals surface area contributed by atoms with Crippen LogP contribution >= 0.6 is 0 Å². The first-order valence-electron chi connectivity index (χ1n) is 8.90. The Labute approximate surface area is 146 Å². The summed E-state index contributed by atoms with van der Waals surface area (Å²) in [6, 6.07) is 26.2. The van der Waals surface area contributed by atoms with E-state index in [1.807, 2.05) is 0 Å². The molecule has 0 aliphatic heterocycles. The van der Waals surface area contributed by atoms with Crippen molar-refractivity contribution in [2.75, 3.05) is 0 Å². The van der Waals surface area contributed by atoms with Crippen molar-refractivity contribution in [1.82, 2.24) is 0 Å². The zero-order valence-electron chi connectivity index (χ0n) is 14.8. The summed E-state index contributed by atoms with van der Waals surface area (Å²) in [5.41, 5.74) is 8.75. The van der Waals surface area contributed by atoms with Gasteiger partial charge in [0, 0.05) is 0 Å². The number of rotatable bonds is 6. The molecule has 0 saturated heterocycles. The van der Waals surface area contributed by atoms with Gasteiger partial charge in [-0.15, -0.1) is 0 Å². The summed E-state index contributed by atoms with van der Waals surface area (Å²) in [5, 5.41) is 0. The van der Waals surface area contributed by atoms with Crippen LogP contribution in [0.15, 0.2) is 72.8 Å². The monoisotopic (exact) mass is 314 g/mol. The summed E-state index contributed by atoms with van der Waals surface area (Å²) in [5.74, 6) is 0. The average Bonchev–Trinajstić information content (AvgIpc) is 2.64. The molecule has 0 aliphatic carbocycles. The molecule has 24 heavy (non-hydrogen) atoms. The average molecular weight is 314 g/mol. The largest absolute Gasteiger partial charge is 0.0622 e. The van der Waals surface area contributed by atoms with Crippen molar-refractivity contribution in [3.05, 3.63) is 106 Å². The Morgan fingerprint density at radius 1 is 0.458 bits per heavy atom. The van der Waals surface area contributed by atoms with Gasteiger partial charge >= 0.3 is 0 Å². The Morgan fingerprint density at radius 2 is 0.833 bits per heavy atom. The Hall–Kier alpha value is -2.34. The summed E-state index contributed by atoms with van der Waals surface area (Å²) in [6.45, 7) is 4.56. The van der Waals surface area contributed by atoms with Gasteiger partial charge in [-0.2, -0.15) is 0 Å². The highest BCUT2D eigenvalue weighted by Crippen LogP contribution is 2.21. The van der Waals surface area contributed by atoms with E-state index in [1.54, 1.807) is 0 Å². The quantitative estimate of drug-likeness (QED) is 0.533. The summed E-state index contributed by atoms with van der Waals surface area (Å²) in [4.78, 5) is 0. The number of hydrogen-bond acceptors (Lipinski definition) is 0. The second-order valence-corrected chi connectivity index (χ2v) is 6.61. The molecule has 0 spiro atoms. The molecule has 0 heteroatoms. The van der Waals surface area contributed by atoms with E-state index >= 15 is 0 Å². The zero-order chi connectivity index (χ0) is 16.8. The second kappa shape index (κ2) is 7.97. The third-order valence-electron chi connectivity index (χ3n) is 5.06. The molecule has 0 atom stereocenters. The lowest BCUT2D eigenvalue weighted by Crippen LogP contribution is -2.01. The molecule has 3 aromatic rings. The molecule has 0 nitrogen and oxygen atoms in total. The first-order valence-corrected chi connectivity index (χ1v) is 8.90. The van der Waals surface area contributed by atoms with E-state index in [2.05, 4.69) is 86.6 Å². The third-order valence-corrected chi connectivity index (χ3v) is 5.06. The molecule has 3 aromatic carbocycles. The van der Waals surface area contributed by atoms with Crippen LogP contribution < -0.4 is 0 Å². The maximum absolute atomic E-state index is 2.34. The second-order valence-electron chi connectivity index (χ2n) is 6.61. The highest BCUT2D eigenvalue weighted by Gasteiger charge is 2.07. The van der Waals surface area contributed by atoms with E-state index in [9.17, 15) is 0 Å². The molecule has 0 amide bonds. The van der Waals surface area contributed by atoms with E-state index in [4.69, 9.17) is 0 Å². The Morgan fingerprint density at radius 3 is 1.21 bits per heavy atom. The van der Waals surface area contributed by atoms with Gasteiger partial charge in [0.25, 0.3) is 0 Å². The lowest BCUT2D eigenvalue weighted by atomic mass is 9.92. The fourth-order valence-electron chi connectivity index (χ4n) is 3.32. The van der Waals surface area contributed by atoms with Crippen LogP contribution in [0.1, 0.15) is 33.4 Å². The van der Waals surface area contributed by atoms with Crippen LogP contribution in [0.4, 0.5) is 0 Å². The predicted octanol–water partition coefficient (Wildman–Crippen LogP) is 5.87. The molecule has 0 radical (unpaired) electrons. The van der Waals surface area contributed by atoms with Crippen LogP contribution in [0.5, 0.6) is 0 Å². The van der Waals surface area contributed by atoms with Crippen molar-refractivity contribution in [1.29, 1.82) is 0 Å². The lowest BCUT2D eigenvalue weighted by Gasteiger charge is -2.14. The maximum Gasteiger partial charge on any atom is -0.0236 e. The minimum Gasteiger partial charge on any atom is -0.0622 e. The molecule has 0 saturated carbocycles. The highest BCUT2D eigenvalue weighted by molar-refractivity contribution is 5.40. The van der Waals surface area contributed by atoms with Gasteiger partial charge in [0.1, 0.15) is 0 Å². The fraction of sp³-hybridized carbons (Fsp3) is 0.250. The van der Waals surface area contributed by atoms with Crippen molar-refractivity contribution in [3.63, 3.8) is 0 Å². The number of benzene rings is 3. The standard InChI is InChI=1S/C24H26/c1-19-20(2)24(16-14-22-11-7-4-8-12-22)18-17-23(19)15-13-21-9-5-3-6-10-21/h3-12,17-18H,13-16H2,1-2H3. The number of aryl methyl sites for hydroxylation is 4. The summed E-state index contributed by atoms with van der Waals surface area (Å²) in [6.07, 6.45) is 4.47. The van der Waals surface area contributed by atoms with E-state index in [0.29, 0.717) is 0 Å². The van der Waals surface area contributed by atoms with Gasteiger partial charge in [0.2, 0.25) is 0 Å². The molecular weight excluding hydrogens is 288 g/mol. The summed E-state index contributed by atoms with van der Waals surface area (Å²) in [7, 11) is 0. The third kappa shape index (κ3) is 4.14. The minimum atomic E-state index is 1.12. The molecule has 0 heterocycles. The van der Waals surface area contributed by atoms with Crippen LogP contribution in [0.3, 0.4) is 0 Å². The first kappa shape index (κ1) is 16.5. The van der Waals surface area contributed by atoms with Crippen molar-refractivity contribution in [2.24, 2.45) is 0 Å². The van der Waals surface area contributed by atoms with Crippen molar-refractivity contribution in [2.45, 2.75) is 39.5 Å². The van der Waals surface area contributed by atoms with Gasteiger partial charge in [0.05, 0.1) is 0 Å². The molecule has 0 aliphatic rings. The van der Waals surface area contributed by atoms with Crippen LogP contribution in [0.2, 0.25) is 0 Å². The van der Waals surface area contributed by atoms with Crippen LogP contribution in [-0.2, 0) is 25.7 Å².